The third-order valence-electron chi connectivity index (χ3n) is 3.42. The molecule has 3 amide bonds. The number of furan rings is 1. The second kappa shape index (κ2) is 7.60. The smallest absolute Gasteiger partial charge is 0.325 e. The lowest BCUT2D eigenvalue weighted by molar-refractivity contribution is -0.119. The predicted molar refractivity (Wildman–Crippen MR) is 88.2 cm³/mol. The number of carbonyl (C=O) groups is 2. The Labute approximate surface area is 135 Å². The molecule has 1 aromatic carbocycles. The molecular formula is C17H21N3O3. The van der Waals surface area contributed by atoms with Crippen LogP contribution in [0.2, 0.25) is 0 Å². The number of hydrogen-bond donors (Lipinski definition) is 3. The highest BCUT2D eigenvalue weighted by Crippen LogP contribution is 2.15. The molecule has 1 atom stereocenters. The van der Waals surface area contributed by atoms with E-state index < -0.39 is 11.9 Å². The molecule has 2 rings (SSSR count). The minimum absolute atomic E-state index is 0.0160. The van der Waals surface area contributed by atoms with Gasteiger partial charge in [-0.25, -0.2) is 4.79 Å². The number of aryl methyl sites for hydroxylation is 2. The zero-order chi connectivity index (χ0) is 16.8. The number of nitrogens with one attached hydrogen (secondary N) is 3. The molecule has 0 bridgehead atoms. The monoisotopic (exact) mass is 315 g/mol. The number of rotatable bonds is 5. The standard InChI is InChI=1S/C17H21N3O3/c1-11-6-7-14(12(2)9-11)19-17(22)20-16(21)10-18-13(3)15-5-4-8-23-15/h4-9,13,18H,10H2,1-3H3,(H2,19,20,21,22)/t13-/m0/s1. The summed E-state index contributed by atoms with van der Waals surface area (Å²) >= 11 is 0. The van der Waals surface area contributed by atoms with E-state index in [1.807, 2.05) is 45.0 Å². The van der Waals surface area contributed by atoms with Gasteiger partial charge in [0.15, 0.2) is 0 Å². The van der Waals surface area contributed by atoms with Gasteiger partial charge in [0, 0.05) is 5.69 Å². The fourth-order valence-electron chi connectivity index (χ4n) is 2.16. The van der Waals surface area contributed by atoms with E-state index in [4.69, 9.17) is 4.42 Å². The molecule has 122 valence electrons. The lowest BCUT2D eigenvalue weighted by atomic mass is 10.1. The minimum atomic E-state index is -0.547. The third kappa shape index (κ3) is 4.96. The molecule has 0 spiro atoms. The normalized spacial score (nSPS) is 11.8. The van der Waals surface area contributed by atoms with Gasteiger partial charge in [0.1, 0.15) is 5.76 Å². The van der Waals surface area contributed by atoms with Crippen LogP contribution in [0.4, 0.5) is 10.5 Å². The number of urea groups is 1. The van der Waals surface area contributed by atoms with Crippen molar-refractivity contribution >= 4 is 17.6 Å². The molecule has 0 aliphatic carbocycles. The molecule has 0 saturated heterocycles. The highest BCUT2D eigenvalue weighted by molar-refractivity contribution is 6.02. The summed E-state index contributed by atoms with van der Waals surface area (Å²) in [6.07, 6.45) is 1.57. The molecule has 6 heteroatoms. The average molecular weight is 315 g/mol. The second-order valence-electron chi connectivity index (χ2n) is 5.44. The molecule has 3 N–H and O–H groups in total. The number of carbonyl (C=O) groups excluding carboxylic acids is 2. The number of hydrogen-bond acceptors (Lipinski definition) is 4. The Balaban J connectivity index is 1.79. The van der Waals surface area contributed by atoms with Gasteiger partial charge in [0.05, 0.1) is 18.8 Å². The Morgan fingerprint density at radius 1 is 1.22 bits per heavy atom. The highest BCUT2D eigenvalue weighted by atomic mass is 16.3. The van der Waals surface area contributed by atoms with Crippen molar-refractivity contribution in [1.29, 1.82) is 0 Å². The Bertz CT molecular complexity index is 680. The van der Waals surface area contributed by atoms with Gasteiger partial charge >= 0.3 is 6.03 Å². The summed E-state index contributed by atoms with van der Waals surface area (Å²) in [6, 6.07) is 8.62. The van der Waals surface area contributed by atoms with E-state index in [2.05, 4.69) is 16.0 Å². The van der Waals surface area contributed by atoms with E-state index in [1.54, 1.807) is 12.3 Å². The van der Waals surface area contributed by atoms with Gasteiger partial charge in [-0.15, -0.1) is 0 Å². The summed E-state index contributed by atoms with van der Waals surface area (Å²) in [4.78, 5) is 23.6. The summed E-state index contributed by atoms with van der Waals surface area (Å²) < 4.78 is 5.24. The van der Waals surface area contributed by atoms with Gasteiger partial charge in [0.25, 0.3) is 0 Å². The van der Waals surface area contributed by atoms with Crippen LogP contribution >= 0.6 is 0 Å². The van der Waals surface area contributed by atoms with Crippen molar-refractivity contribution in [2.24, 2.45) is 0 Å². The van der Waals surface area contributed by atoms with E-state index in [0.29, 0.717) is 5.69 Å². The maximum atomic E-state index is 11.8. The van der Waals surface area contributed by atoms with Crippen LogP contribution in [-0.2, 0) is 4.79 Å². The number of anilines is 1. The fourth-order valence-corrected chi connectivity index (χ4v) is 2.16. The average Bonchev–Trinajstić information content (AvgIpc) is 3.02. The lowest BCUT2D eigenvalue weighted by Gasteiger charge is -2.12. The summed E-state index contributed by atoms with van der Waals surface area (Å²) in [6.45, 7) is 5.77. The van der Waals surface area contributed by atoms with Gasteiger partial charge < -0.3 is 9.73 Å². The molecule has 23 heavy (non-hydrogen) atoms. The minimum Gasteiger partial charge on any atom is -0.468 e. The molecule has 0 fully saturated rings. The van der Waals surface area contributed by atoms with Gasteiger partial charge in [-0.05, 0) is 44.5 Å². The molecule has 0 unspecified atom stereocenters. The molecule has 0 aliphatic rings. The van der Waals surface area contributed by atoms with Crippen molar-refractivity contribution in [3.8, 4) is 0 Å². The van der Waals surface area contributed by atoms with Crippen LogP contribution in [0.1, 0.15) is 29.9 Å². The maximum Gasteiger partial charge on any atom is 0.325 e. The molecule has 1 aromatic heterocycles. The van der Waals surface area contributed by atoms with Crippen LogP contribution < -0.4 is 16.0 Å². The Morgan fingerprint density at radius 2 is 2.00 bits per heavy atom. The molecular weight excluding hydrogens is 294 g/mol. The Hall–Kier alpha value is -2.60. The first-order chi connectivity index (χ1) is 11.0. The van der Waals surface area contributed by atoms with Gasteiger partial charge in [-0.1, -0.05) is 17.7 Å². The first-order valence-electron chi connectivity index (χ1n) is 7.40. The van der Waals surface area contributed by atoms with Crippen molar-refractivity contribution < 1.29 is 14.0 Å². The molecule has 0 radical (unpaired) electrons. The van der Waals surface area contributed by atoms with Crippen molar-refractivity contribution in [1.82, 2.24) is 10.6 Å². The largest absolute Gasteiger partial charge is 0.468 e. The van der Waals surface area contributed by atoms with Gasteiger partial charge in [-0.2, -0.15) is 0 Å². The van der Waals surface area contributed by atoms with E-state index >= 15 is 0 Å². The first kappa shape index (κ1) is 16.8. The van der Waals surface area contributed by atoms with Crippen LogP contribution in [0.3, 0.4) is 0 Å². The molecule has 0 saturated carbocycles. The van der Waals surface area contributed by atoms with Crippen molar-refractivity contribution in [3.63, 3.8) is 0 Å². The Morgan fingerprint density at radius 3 is 2.65 bits per heavy atom. The van der Waals surface area contributed by atoms with E-state index in [9.17, 15) is 9.59 Å². The van der Waals surface area contributed by atoms with Crippen LogP contribution in [0.5, 0.6) is 0 Å². The number of benzene rings is 1. The summed E-state index contributed by atoms with van der Waals surface area (Å²) in [5.41, 5.74) is 2.73. The first-order valence-corrected chi connectivity index (χ1v) is 7.40. The quantitative estimate of drug-likeness (QED) is 0.792. The predicted octanol–water partition coefficient (Wildman–Crippen LogP) is 2.90. The molecule has 1 heterocycles. The topological polar surface area (TPSA) is 83.4 Å². The number of amides is 3. The van der Waals surface area contributed by atoms with E-state index in [-0.39, 0.29) is 12.6 Å². The van der Waals surface area contributed by atoms with Crippen molar-refractivity contribution in [3.05, 3.63) is 53.5 Å². The van der Waals surface area contributed by atoms with Crippen LogP contribution in [0, 0.1) is 13.8 Å². The zero-order valence-electron chi connectivity index (χ0n) is 13.5. The van der Waals surface area contributed by atoms with Crippen LogP contribution in [0.15, 0.2) is 41.0 Å². The molecule has 2 aromatic rings. The van der Waals surface area contributed by atoms with Gasteiger partial charge in [0.2, 0.25) is 5.91 Å². The van der Waals surface area contributed by atoms with Crippen molar-refractivity contribution in [2.45, 2.75) is 26.8 Å². The summed E-state index contributed by atoms with van der Waals surface area (Å²) in [5.74, 6) is 0.322. The zero-order valence-corrected chi connectivity index (χ0v) is 13.5. The van der Waals surface area contributed by atoms with E-state index in [1.165, 1.54) is 0 Å². The van der Waals surface area contributed by atoms with Crippen LogP contribution in [0.25, 0.3) is 0 Å². The van der Waals surface area contributed by atoms with Crippen LogP contribution in [-0.4, -0.2) is 18.5 Å². The second-order valence-corrected chi connectivity index (χ2v) is 5.44. The maximum absolute atomic E-state index is 11.8. The fraction of sp³-hybridized carbons (Fsp3) is 0.294. The highest BCUT2D eigenvalue weighted by Gasteiger charge is 2.12. The van der Waals surface area contributed by atoms with E-state index in [0.717, 1.165) is 16.9 Å². The SMILES string of the molecule is Cc1ccc(NC(=O)NC(=O)CN[C@@H](C)c2ccco2)c(C)c1. The lowest BCUT2D eigenvalue weighted by Crippen LogP contribution is -2.40. The molecule has 6 nitrogen and oxygen atoms in total. The van der Waals surface area contributed by atoms with Crippen molar-refractivity contribution in [2.75, 3.05) is 11.9 Å². The third-order valence-corrected chi connectivity index (χ3v) is 3.42. The summed E-state index contributed by atoms with van der Waals surface area (Å²) in [5, 5.41) is 7.94. The number of imide groups is 1. The van der Waals surface area contributed by atoms with Gasteiger partial charge in [-0.3, -0.25) is 15.4 Å². The molecule has 0 aliphatic heterocycles. The summed E-state index contributed by atoms with van der Waals surface area (Å²) in [7, 11) is 0. The Kier molecular flexibility index (Phi) is 5.54.